The Morgan fingerprint density at radius 3 is 2.58 bits per heavy atom. The highest BCUT2D eigenvalue weighted by Crippen LogP contribution is 2.25. The zero-order valence-corrected chi connectivity index (χ0v) is 12.0. The molecule has 0 saturated heterocycles. The van der Waals surface area contributed by atoms with Crippen LogP contribution in [0.15, 0.2) is 18.2 Å². The van der Waals surface area contributed by atoms with Crippen molar-refractivity contribution in [2.75, 3.05) is 27.8 Å². The lowest BCUT2D eigenvalue weighted by Crippen LogP contribution is -2.34. The van der Waals surface area contributed by atoms with Gasteiger partial charge in [-0.2, -0.15) is 0 Å². The first-order chi connectivity index (χ1) is 9.03. The summed E-state index contributed by atoms with van der Waals surface area (Å²) < 4.78 is 10.5. The monoisotopic (exact) mass is 266 g/mol. The van der Waals surface area contributed by atoms with E-state index in [-0.39, 0.29) is 11.8 Å². The zero-order valence-electron chi connectivity index (χ0n) is 12.0. The van der Waals surface area contributed by atoms with Crippen molar-refractivity contribution in [1.82, 2.24) is 4.90 Å². The van der Waals surface area contributed by atoms with Crippen molar-refractivity contribution in [2.24, 2.45) is 11.7 Å². The highest BCUT2D eigenvalue weighted by atomic mass is 16.5. The summed E-state index contributed by atoms with van der Waals surface area (Å²) in [5, 5.41) is 0. The number of benzene rings is 1. The molecule has 1 rings (SSSR count). The predicted octanol–water partition coefficient (Wildman–Crippen LogP) is 1.26. The van der Waals surface area contributed by atoms with Gasteiger partial charge in [0.2, 0.25) is 5.91 Å². The van der Waals surface area contributed by atoms with E-state index in [0.29, 0.717) is 13.1 Å². The summed E-state index contributed by atoms with van der Waals surface area (Å²) in [4.78, 5) is 13.7. The van der Waals surface area contributed by atoms with Gasteiger partial charge >= 0.3 is 0 Å². The molecule has 5 heteroatoms. The van der Waals surface area contributed by atoms with E-state index in [4.69, 9.17) is 15.2 Å². The van der Waals surface area contributed by atoms with Crippen molar-refractivity contribution in [3.63, 3.8) is 0 Å². The fraction of sp³-hybridized carbons (Fsp3) is 0.500. The smallest absolute Gasteiger partial charge is 0.226 e. The normalized spacial score (nSPS) is 11.8. The summed E-state index contributed by atoms with van der Waals surface area (Å²) in [6.07, 6.45) is 0. The van der Waals surface area contributed by atoms with Gasteiger partial charge in [0.15, 0.2) is 0 Å². The molecule has 19 heavy (non-hydrogen) atoms. The average Bonchev–Trinajstić information content (AvgIpc) is 2.45. The van der Waals surface area contributed by atoms with Crippen molar-refractivity contribution in [1.29, 1.82) is 0 Å². The van der Waals surface area contributed by atoms with Gasteiger partial charge in [0.25, 0.3) is 0 Å². The van der Waals surface area contributed by atoms with Gasteiger partial charge in [-0.15, -0.1) is 0 Å². The van der Waals surface area contributed by atoms with Crippen LogP contribution in [-0.2, 0) is 11.3 Å². The average molecular weight is 266 g/mol. The van der Waals surface area contributed by atoms with Crippen LogP contribution in [0.4, 0.5) is 0 Å². The van der Waals surface area contributed by atoms with Gasteiger partial charge in [0.1, 0.15) is 11.5 Å². The largest absolute Gasteiger partial charge is 0.497 e. The summed E-state index contributed by atoms with van der Waals surface area (Å²) in [7, 11) is 4.97. The SMILES string of the molecule is COc1ccc(OC)c(CN(C)C(=O)C(C)CN)c1. The highest BCUT2D eigenvalue weighted by Gasteiger charge is 2.17. The number of hydrogen-bond donors (Lipinski definition) is 1. The van der Waals surface area contributed by atoms with Crippen LogP contribution in [0.2, 0.25) is 0 Å². The number of amides is 1. The maximum absolute atomic E-state index is 12.0. The van der Waals surface area contributed by atoms with Crippen LogP contribution in [0.1, 0.15) is 12.5 Å². The molecule has 1 atom stereocenters. The molecule has 0 aliphatic carbocycles. The number of nitrogens with two attached hydrogens (primary N) is 1. The third-order valence-electron chi connectivity index (χ3n) is 3.05. The lowest BCUT2D eigenvalue weighted by molar-refractivity contribution is -0.133. The van der Waals surface area contributed by atoms with Crippen molar-refractivity contribution in [3.05, 3.63) is 23.8 Å². The van der Waals surface area contributed by atoms with Crippen LogP contribution in [-0.4, -0.2) is 38.6 Å². The molecular formula is C14H22N2O3. The van der Waals surface area contributed by atoms with E-state index in [1.54, 1.807) is 26.2 Å². The molecule has 0 bridgehead atoms. The minimum Gasteiger partial charge on any atom is -0.497 e. The topological polar surface area (TPSA) is 64.8 Å². The van der Waals surface area contributed by atoms with Crippen LogP contribution in [0, 0.1) is 5.92 Å². The van der Waals surface area contributed by atoms with Crippen molar-refractivity contribution in [2.45, 2.75) is 13.5 Å². The maximum Gasteiger partial charge on any atom is 0.226 e. The first kappa shape index (κ1) is 15.3. The van der Waals surface area contributed by atoms with Gasteiger partial charge in [0, 0.05) is 31.6 Å². The molecule has 0 aromatic heterocycles. The van der Waals surface area contributed by atoms with Gasteiger partial charge in [-0.05, 0) is 18.2 Å². The quantitative estimate of drug-likeness (QED) is 0.842. The number of nitrogens with zero attached hydrogens (tertiary/aromatic N) is 1. The first-order valence-electron chi connectivity index (χ1n) is 6.19. The van der Waals surface area contributed by atoms with E-state index in [1.807, 2.05) is 25.1 Å². The zero-order chi connectivity index (χ0) is 14.4. The molecule has 0 aliphatic rings. The molecule has 0 fully saturated rings. The van der Waals surface area contributed by atoms with Crippen molar-refractivity contribution in [3.8, 4) is 11.5 Å². The Labute approximate surface area is 114 Å². The Morgan fingerprint density at radius 1 is 1.37 bits per heavy atom. The van der Waals surface area contributed by atoms with Gasteiger partial charge in [-0.25, -0.2) is 0 Å². The molecule has 0 spiro atoms. The number of methoxy groups -OCH3 is 2. The molecule has 1 amide bonds. The van der Waals surface area contributed by atoms with E-state index in [2.05, 4.69) is 0 Å². The van der Waals surface area contributed by atoms with E-state index >= 15 is 0 Å². The molecule has 5 nitrogen and oxygen atoms in total. The van der Waals surface area contributed by atoms with Crippen molar-refractivity contribution < 1.29 is 14.3 Å². The van der Waals surface area contributed by atoms with Crippen LogP contribution < -0.4 is 15.2 Å². The second-order valence-electron chi connectivity index (χ2n) is 4.51. The van der Waals surface area contributed by atoms with Gasteiger partial charge in [-0.3, -0.25) is 4.79 Å². The number of rotatable bonds is 6. The van der Waals surface area contributed by atoms with Crippen LogP contribution >= 0.6 is 0 Å². The lowest BCUT2D eigenvalue weighted by atomic mass is 10.1. The third-order valence-corrected chi connectivity index (χ3v) is 3.05. The number of ether oxygens (including phenoxy) is 2. The molecule has 1 aromatic rings. The molecule has 1 aromatic carbocycles. The molecule has 106 valence electrons. The molecule has 0 aliphatic heterocycles. The number of carbonyl (C=O) groups excluding carboxylic acids is 1. The Hall–Kier alpha value is -1.75. The van der Waals surface area contributed by atoms with Crippen LogP contribution in [0.3, 0.4) is 0 Å². The summed E-state index contributed by atoms with van der Waals surface area (Å²) in [5.41, 5.74) is 6.42. The van der Waals surface area contributed by atoms with Crippen molar-refractivity contribution >= 4 is 5.91 Å². The molecular weight excluding hydrogens is 244 g/mol. The minimum atomic E-state index is -0.179. The van der Waals surface area contributed by atoms with Gasteiger partial charge in [0.05, 0.1) is 14.2 Å². The Balaban J connectivity index is 2.88. The van der Waals surface area contributed by atoms with E-state index < -0.39 is 0 Å². The van der Waals surface area contributed by atoms with Crippen LogP contribution in [0.25, 0.3) is 0 Å². The highest BCUT2D eigenvalue weighted by molar-refractivity contribution is 5.78. The van der Waals surface area contributed by atoms with E-state index in [9.17, 15) is 4.79 Å². The Kier molecular flexibility index (Phi) is 5.63. The number of carbonyl (C=O) groups is 1. The Bertz CT molecular complexity index is 435. The molecule has 0 saturated carbocycles. The summed E-state index contributed by atoms with van der Waals surface area (Å²) in [6, 6.07) is 5.53. The molecule has 2 N–H and O–H groups in total. The fourth-order valence-corrected chi connectivity index (χ4v) is 1.82. The molecule has 0 radical (unpaired) electrons. The molecule has 1 unspecified atom stereocenters. The first-order valence-corrected chi connectivity index (χ1v) is 6.19. The van der Waals surface area contributed by atoms with Gasteiger partial charge < -0.3 is 20.1 Å². The maximum atomic E-state index is 12.0. The van der Waals surface area contributed by atoms with Crippen LogP contribution in [0.5, 0.6) is 11.5 Å². The summed E-state index contributed by atoms with van der Waals surface area (Å²) in [6.45, 7) is 2.63. The second kappa shape index (κ2) is 6.99. The van der Waals surface area contributed by atoms with E-state index in [0.717, 1.165) is 17.1 Å². The minimum absolute atomic E-state index is 0.0207. The van der Waals surface area contributed by atoms with E-state index in [1.165, 1.54) is 0 Å². The standard InChI is InChI=1S/C14H22N2O3/c1-10(8-15)14(17)16(2)9-11-7-12(18-3)5-6-13(11)19-4/h5-7,10H,8-9,15H2,1-4H3. The lowest BCUT2D eigenvalue weighted by Gasteiger charge is -2.22. The second-order valence-corrected chi connectivity index (χ2v) is 4.51. The summed E-state index contributed by atoms with van der Waals surface area (Å²) in [5.74, 6) is 1.32. The number of hydrogen-bond acceptors (Lipinski definition) is 4. The van der Waals surface area contributed by atoms with Gasteiger partial charge in [-0.1, -0.05) is 6.92 Å². The third kappa shape index (κ3) is 3.86. The Morgan fingerprint density at radius 2 is 2.05 bits per heavy atom. The molecule has 0 heterocycles. The summed E-state index contributed by atoms with van der Waals surface area (Å²) >= 11 is 0. The fourth-order valence-electron chi connectivity index (χ4n) is 1.82. The predicted molar refractivity (Wildman–Crippen MR) is 74.2 cm³/mol.